The van der Waals surface area contributed by atoms with Crippen molar-refractivity contribution in [3.63, 3.8) is 0 Å². The third-order valence-electron chi connectivity index (χ3n) is 13.2. The van der Waals surface area contributed by atoms with Crippen LogP contribution in [0.4, 0.5) is 0 Å². The Morgan fingerprint density at radius 2 is 1.42 bits per heavy atom. The molecule has 0 aromatic heterocycles. The fourth-order valence-corrected chi connectivity index (χ4v) is 9.78. The number of hydrogen-bond acceptors (Lipinski definition) is 13. The van der Waals surface area contributed by atoms with Crippen LogP contribution < -0.4 is 5.32 Å². The molecule has 312 valence electrons. The Labute approximate surface area is 341 Å². The molecule has 1 amide bonds. The molecule has 3 aliphatic carbocycles. The van der Waals surface area contributed by atoms with Gasteiger partial charge >= 0.3 is 17.9 Å². The van der Waals surface area contributed by atoms with E-state index < -0.39 is 107 Å². The molecule has 59 heavy (non-hydrogen) atoms. The number of rotatable bonds is 9. The molecule has 1 aliphatic heterocycles. The quantitative estimate of drug-likeness (QED) is 0.120. The first kappa shape index (κ1) is 41.9. The van der Waals surface area contributed by atoms with Crippen LogP contribution in [-0.2, 0) is 33.3 Å². The number of carbonyl (C=O) groups is 5. The van der Waals surface area contributed by atoms with Gasteiger partial charge in [0.05, 0.1) is 35.8 Å². The average molecular weight is 812 g/mol. The number of benzene rings is 3. The van der Waals surface area contributed by atoms with E-state index in [0.29, 0.717) is 5.56 Å². The Morgan fingerprint density at radius 1 is 0.847 bits per heavy atom. The Kier molecular flexibility index (Phi) is 10.9. The fraction of sp³-hybridized carbons (Fsp3) is 0.444. The first-order valence-electron chi connectivity index (χ1n) is 19.6. The summed E-state index contributed by atoms with van der Waals surface area (Å²) in [5.74, 6) is -5.98. The lowest BCUT2D eigenvalue weighted by molar-refractivity contribution is -0.343. The lowest BCUT2D eigenvalue weighted by Crippen LogP contribution is -2.81. The van der Waals surface area contributed by atoms with Crippen LogP contribution in [0.1, 0.15) is 79.8 Å². The molecule has 2 saturated carbocycles. The van der Waals surface area contributed by atoms with Crippen LogP contribution in [-0.4, -0.2) is 104 Å². The maximum Gasteiger partial charge on any atom is 0.338 e. The molecule has 5 N–H and O–H groups in total. The van der Waals surface area contributed by atoms with Gasteiger partial charge in [0.25, 0.3) is 5.91 Å². The molecule has 4 aliphatic rings. The van der Waals surface area contributed by atoms with Gasteiger partial charge in [-0.05, 0) is 54.8 Å². The second-order valence-corrected chi connectivity index (χ2v) is 16.8. The summed E-state index contributed by atoms with van der Waals surface area (Å²) >= 11 is 0. The molecule has 1 saturated heterocycles. The van der Waals surface area contributed by atoms with Gasteiger partial charge in [-0.2, -0.15) is 0 Å². The molecule has 14 nitrogen and oxygen atoms in total. The second kappa shape index (κ2) is 15.4. The van der Waals surface area contributed by atoms with E-state index in [1.165, 1.54) is 26.0 Å². The highest BCUT2D eigenvalue weighted by molar-refractivity contribution is 5.96. The van der Waals surface area contributed by atoms with Gasteiger partial charge in [-0.3, -0.25) is 14.4 Å². The smallest absolute Gasteiger partial charge is 0.338 e. The normalized spacial score (nSPS) is 33.0. The fourth-order valence-electron chi connectivity index (χ4n) is 9.78. The molecule has 2 unspecified atom stereocenters. The summed E-state index contributed by atoms with van der Waals surface area (Å²) in [5, 5.41) is 52.2. The number of amides is 1. The zero-order valence-corrected chi connectivity index (χ0v) is 33.4. The van der Waals surface area contributed by atoms with Gasteiger partial charge < -0.3 is 44.7 Å². The topological polar surface area (TPSA) is 215 Å². The van der Waals surface area contributed by atoms with Crippen LogP contribution in [0.3, 0.4) is 0 Å². The molecule has 0 spiro atoms. The average Bonchev–Trinajstić information content (AvgIpc) is 3.21. The molecular formula is C45H49NO13. The van der Waals surface area contributed by atoms with Gasteiger partial charge in [-0.15, -0.1) is 0 Å². The molecule has 3 aromatic rings. The molecule has 0 radical (unpaired) electrons. The van der Waals surface area contributed by atoms with E-state index in [2.05, 4.69) is 5.32 Å². The SMILES string of the molecule is CC(=O)O[C@H]1C(=O)[C@@]2(C)C(C(OC(=O)c3ccccc3)[C@]3(O)C[C@H](OC(=O)[C@H](O)[C@@H](NC(=O)c4ccccc4)c4ccccc4)C(C)=C1C3(C)C)[C@]1(O)CO[C@@H]1C[C@@H]2O. The number of ether oxygens (including phenoxy) is 4. The summed E-state index contributed by atoms with van der Waals surface area (Å²) in [7, 11) is 0. The van der Waals surface area contributed by atoms with Crippen LogP contribution in [0.25, 0.3) is 0 Å². The van der Waals surface area contributed by atoms with Gasteiger partial charge in [0.15, 0.2) is 18.0 Å². The molecule has 3 aromatic carbocycles. The molecular weight excluding hydrogens is 762 g/mol. The first-order chi connectivity index (χ1) is 27.9. The third-order valence-corrected chi connectivity index (χ3v) is 13.2. The zero-order valence-electron chi connectivity index (χ0n) is 33.4. The Morgan fingerprint density at radius 3 is 1.98 bits per heavy atom. The van der Waals surface area contributed by atoms with E-state index in [9.17, 15) is 39.6 Å². The summed E-state index contributed by atoms with van der Waals surface area (Å²) in [4.78, 5) is 69.7. The highest BCUT2D eigenvalue weighted by Crippen LogP contribution is 2.63. The Balaban J connectivity index is 1.36. The van der Waals surface area contributed by atoms with Crippen molar-refractivity contribution in [1.29, 1.82) is 0 Å². The summed E-state index contributed by atoms with van der Waals surface area (Å²) in [6.07, 6.45) is -10.3. The number of carbonyl (C=O) groups excluding carboxylic acids is 5. The van der Waals surface area contributed by atoms with Crippen LogP contribution in [0, 0.1) is 16.7 Å². The number of fused-ring (bicyclic) bond motifs is 5. The molecule has 7 rings (SSSR count). The lowest BCUT2D eigenvalue weighted by atomic mass is 9.44. The Hall–Kier alpha value is -5.25. The maximum absolute atomic E-state index is 15.2. The van der Waals surface area contributed by atoms with Crippen molar-refractivity contribution < 1.29 is 63.3 Å². The summed E-state index contributed by atoms with van der Waals surface area (Å²) in [5.41, 5.74) is -6.99. The third kappa shape index (κ3) is 6.86. The predicted molar refractivity (Wildman–Crippen MR) is 208 cm³/mol. The minimum Gasteiger partial charge on any atom is -0.456 e. The molecule has 2 bridgehead atoms. The first-order valence-corrected chi connectivity index (χ1v) is 19.6. The summed E-state index contributed by atoms with van der Waals surface area (Å²) < 4.78 is 23.8. The van der Waals surface area contributed by atoms with Crippen molar-refractivity contribution >= 4 is 29.6 Å². The van der Waals surface area contributed by atoms with Crippen LogP contribution >= 0.6 is 0 Å². The Bertz CT molecular complexity index is 2160. The van der Waals surface area contributed by atoms with Crippen molar-refractivity contribution in [1.82, 2.24) is 5.32 Å². The number of aliphatic hydroxyl groups excluding tert-OH is 2. The number of ketones is 1. The monoisotopic (exact) mass is 811 g/mol. The number of Topliss-reactive ketones (excluding diaryl/α,β-unsaturated/α-hetero) is 1. The highest BCUT2D eigenvalue weighted by Gasteiger charge is 2.76. The second-order valence-electron chi connectivity index (χ2n) is 16.8. The molecule has 3 fully saturated rings. The van der Waals surface area contributed by atoms with Gasteiger partial charge in [-0.1, -0.05) is 80.6 Å². The van der Waals surface area contributed by atoms with Crippen LogP contribution in [0.5, 0.6) is 0 Å². The van der Waals surface area contributed by atoms with Crippen molar-refractivity contribution in [3.05, 3.63) is 119 Å². The van der Waals surface area contributed by atoms with E-state index in [1.807, 2.05) is 0 Å². The lowest BCUT2D eigenvalue weighted by Gasteiger charge is -2.66. The van der Waals surface area contributed by atoms with Gasteiger partial charge in [0.2, 0.25) is 0 Å². The minimum atomic E-state index is -2.35. The van der Waals surface area contributed by atoms with Crippen molar-refractivity contribution in [3.8, 4) is 0 Å². The maximum atomic E-state index is 15.2. The van der Waals surface area contributed by atoms with E-state index in [-0.39, 0.29) is 35.3 Å². The van der Waals surface area contributed by atoms with Gasteiger partial charge in [0, 0.05) is 36.7 Å². The van der Waals surface area contributed by atoms with Gasteiger partial charge in [-0.25, -0.2) is 9.59 Å². The standard InChI is InChI=1S/C45H49NO13/c1-24-29(58-41(53)34(49)33(26-15-9-6-10-16-26)46-39(51)27-17-11-7-12-18-27)22-45(55)38(59-40(52)28-19-13-8-14-20-28)36-43(5,30(48)21-31-44(36,54)23-56-31)37(50)35(57-25(2)47)32(24)42(45,3)4/h6-20,29-31,33-36,38,48-49,54-55H,21-23H2,1-5H3,(H,46,51)/t29-,30-,31+,33-,34+,35+,36?,38?,43+,44-,45+/m0/s1. The van der Waals surface area contributed by atoms with Crippen LogP contribution in [0.15, 0.2) is 102 Å². The van der Waals surface area contributed by atoms with Crippen molar-refractivity contribution in [2.75, 3.05) is 6.61 Å². The number of esters is 3. The number of nitrogens with one attached hydrogen (secondary N) is 1. The predicted octanol–water partition coefficient (Wildman–Crippen LogP) is 3.16. The van der Waals surface area contributed by atoms with E-state index in [1.54, 1.807) is 92.7 Å². The van der Waals surface area contributed by atoms with E-state index >= 15 is 4.79 Å². The highest BCUT2D eigenvalue weighted by atomic mass is 16.6. The van der Waals surface area contributed by atoms with Crippen molar-refractivity contribution in [2.24, 2.45) is 16.7 Å². The van der Waals surface area contributed by atoms with Crippen LogP contribution in [0.2, 0.25) is 0 Å². The van der Waals surface area contributed by atoms with E-state index in [4.69, 9.17) is 18.9 Å². The molecule has 1 heterocycles. The van der Waals surface area contributed by atoms with E-state index in [0.717, 1.165) is 6.92 Å². The minimum absolute atomic E-state index is 0.0161. The molecule has 14 heteroatoms. The summed E-state index contributed by atoms with van der Waals surface area (Å²) in [6, 6.07) is 23.0. The largest absolute Gasteiger partial charge is 0.456 e. The van der Waals surface area contributed by atoms with Gasteiger partial charge in [0.1, 0.15) is 23.4 Å². The number of hydrogen-bond donors (Lipinski definition) is 5. The number of aliphatic hydroxyl groups is 4. The summed E-state index contributed by atoms with van der Waals surface area (Å²) in [6.45, 7) is 6.81. The molecule has 11 atom stereocenters. The zero-order chi connectivity index (χ0) is 42.7. The van der Waals surface area contributed by atoms with Crippen molar-refractivity contribution in [2.45, 2.75) is 101 Å².